The number of nitrogens with one attached hydrogen (secondary N) is 1. The van der Waals surface area contributed by atoms with Crippen LogP contribution in [-0.2, 0) is 0 Å². The van der Waals surface area contributed by atoms with E-state index in [1.54, 1.807) is 12.1 Å². The molecule has 0 saturated heterocycles. The lowest BCUT2D eigenvalue weighted by molar-refractivity contribution is 0.102. The maximum Gasteiger partial charge on any atom is 0.256 e. The highest BCUT2D eigenvalue weighted by atomic mass is 127. The van der Waals surface area contributed by atoms with Crippen molar-refractivity contribution in [2.45, 2.75) is 0 Å². The summed E-state index contributed by atoms with van der Waals surface area (Å²) in [6.45, 7) is 0. The highest BCUT2D eigenvalue weighted by Crippen LogP contribution is 2.16. The molecule has 0 unspecified atom stereocenters. The molecule has 1 N–H and O–H groups in total. The lowest BCUT2D eigenvalue weighted by Gasteiger charge is -2.07. The number of carbonyl (C=O) groups is 1. The molecule has 86 valence electrons. The first-order chi connectivity index (χ1) is 8.18. The zero-order chi connectivity index (χ0) is 12.3. The molecule has 1 heterocycles. The molecule has 0 fully saturated rings. The molecule has 1 amide bonds. The Labute approximate surface area is 111 Å². The Bertz CT molecular complexity index is 560. The van der Waals surface area contributed by atoms with Crippen molar-refractivity contribution in [1.82, 2.24) is 4.98 Å². The van der Waals surface area contributed by atoms with Gasteiger partial charge in [0.2, 0.25) is 0 Å². The standard InChI is InChI=1S/C12H8FIN2O/c13-9-7-15-6-5-11(9)16-12(17)8-3-1-2-4-10(8)14/h1-7H,(H,15,16,17). The molecule has 1 aromatic carbocycles. The molecular formula is C12H8FIN2O. The van der Waals surface area contributed by atoms with Gasteiger partial charge < -0.3 is 5.32 Å². The van der Waals surface area contributed by atoms with Crippen molar-refractivity contribution in [3.63, 3.8) is 0 Å². The average molecular weight is 342 g/mol. The van der Waals surface area contributed by atoms with Gasteiger partial charge in [-0.25, -0.2) is 4.39 Å². The van der Waals surface area contributed by atoms with Crippen molar-refractivity contribution in [2.24, 2.45) is 0 Å². The highest BCUT2D eigenvalue weighted by molar-refractivity contribution is 14.1. The third kappa shape index (κ3) is 2.79. The van der Waals surface area contributed by atoms with Crippen molar-refractivity contribution in [1.29, 1.82) is 0 Å². The van der Waals surface area contributed by atoms with E-state index in [4.69, 9.17) is 0 Å². The number of carbonyl (C=O) groups excluding carboxylic acids is 1. The fourth-order valence-electron chi connectivity index (χ4n) is 1.31. The van der Waals surface area contributed by atoms with Crippen LogP contribution in [-0.4, -0.2) is 10.9 Å². The van der Waals surface area contributed by atoms with Crippen molar-refractivity contribution in [3.8, 4) is 0 Å². The fraction of sp³-hybridized carbons (Fsp3) is 0. The van der Waals surface area contributed by atoms with Gasteiger partial charge in [-0.15, -0.1) is 0 Å². The Hall–Kier alpha value is -1.50. The second kappa shape index (κ2) is 5.22. The number of amides is 1. The number of nitrogens with zero attached hydrogens (tertiary/aromatic N) is 1. The van der Waals surface area contributed by atoms with E-state index in [0.29, 0.717) is 5.56 Å². The zero-order valence-corrected chi connectivity index (χ0v) is 10.8. The SMILES string of the molecule is O=C(Nc1ccncc1F)c1ccccc1I. The van der Waals surface area contributed by atoms with Gasteiger partial charge in [0.1, 0.15) is 0 Å². The van der Waals surface area contributed by atoms with E-state index in [1.807, 2.05) is 12.1 Å². The third-order valence-electron chi connectivity index (χ3n) is 2.14. The first kappa shape index (κ1) is 12.0. The van der Waals surface area contributed by atoms with Crippen LogP contribution in [0.3, 0.4) is 0 Å². The van der Waals surface area contributed by atoms with Gasteiger partial charge in [-0.3, -0.25) is 9.78 Å². The maximum atomic E-state index is 13.3. The molecule has 1 aromatic heterocycles. The predicted octanol–water partition coefficient (Wildman–Crippen LogP) is 3.08. The summed E-state index contributed by atoms with van der Waals surface area (Å²) in [5.74, 6) is -0.883. The van der Waals surface area contributed by atoms with Gasteiger partial charge in [0.25, 0.3) is 5.91 Å². The fourth-order valence-corrected chi connectivity index (χ4v) is 1.94. The van der Waals surface area contributed by atoms with Crippen molar-refractivity contribution in [3.05, 3.63) is 57.7 Å². The minimum Gasteiger partial charge on any atom is -0.319 e. The summed E-state index contributed by atoms with van der Waals surface area (Å²) in [7, 11) is 0. The number of benzene rings is 1. The van der Waals surface area contributed by atoms with Crippen LogP contribution in [0.4, 0.5) is 10.1 Å². The van der Waals surface area contributed by atoms with E-state index < -0.39 is 5.82 Å². The van der Waals surface area contributed by atoms with E-state index >= 15 is 0 Å². The summed E-state index contributed by atoms with van der Waals surface area (Å²) < 4.78 is 14.1. The quantitative estimate of drug-likeness (QED) is 0.853. The molecule has 0 saturated carbocycles. The van der Waals surface area contributed by atoms with Crippen LogP contribution in [0.2, 0.25) is 0 Å². The molecule has 3 nitrogen and oxygen atoms in total. The Balaban J connectivity index is 2.24. The van der Waals surface area contributed by atoms with Gasteiger partial charge in [0, 0.05) is 9.77 Å². The molecule has 17 heavy (non-hydrogen) atoms. The molecule has 0 spiro atoms. The number of halogens is 2. The summed E-state index contributed by atoms with van der Waals surface area (Å²) in [5.41, 5.74) is 0.647. The van der Waals surface area contributed by atoms with Crippen molar-refractivity contribution >= 4 is 34.2 Å². The van der Waals surface area contributed by atoms with Crippen LogP contribution in [0, 0.1) is 9.39 Å². The molecule has 0 aliphatic carbocycles. The number of hydrogen-bond donors (Lipinski definition) is 1. The monoisotopic (exact) mass is 342 g/mol. The lowest BCUT2D eigenvalue weighted by Crippen LogP contribution is -2.14. The molecule has 0 bridgehead atoms. The van der Waals surface area contributed by atoms with Crippen LogP contribution in [0.5, 0.6) is 0 Å². The normalized spacial score (nSPS) is 10.0. The Morgan fingerprint density at radius 1 is 1.29 bits per heavy atom. The molecule has 2 rings (SSSR count). The number of rotatable bonds is 2. The van der Waals surface area contributed by atoms with Crippen molar-refractivity contribution < 1.29 is 9.18 Å². The Kier molecular flexibility index (Phi) is 3.68. The highest BCUT2D eigenvalue weighted by Gasteiger charge is 2.11. The number of anilines is 1. The largest absolute Gasteiger partial charge is 0.319 e. The van der Waals surface area contributed by atoms with Crippen LogP contribution < -0.4 is 5.32 Å². The predicted molar refractivity (Wildman–Crippen MR) is 71.3 cm³/mol. The second-order valence-electron chi connectivity index (χ2n) is 3.29. The minimum absolute atomic E-state index is 0.129. The molecule has 0 radical (unpaired) electrons. The van der Waals surface area contributed by atoms with Crippen LogP contribution in [0.1, 0.15) is 10.4 Å². The van der Waals surface area contributed by atoms with E-state index in [2.05, 4.69) is 32.9 Å². The number of hydrogen-bond acceptors (Lipinski definition) is 2. The van der Waals surface area contributed by atoms with Crippen LogP contribution >= 0.6 is 22.6 Å². The van der Waals surface area contributed by atoms with Gasteiger partial charge in [0.05, 0.1) is 17.4 Å². The van der Waals surface area contributed by atoms with Gasteiger partial charge in [-0.2, -0.15) is 0 Å². The van der Waals surface area contributed by atoms with Crippen LogP contribution in [0.15, 0.2) is 42.7 Å². The van der Waals surface area contributed by atoms with E-state index in [1.165, 1.54) is 12.3 Å². The van der Waals surface area contributed by atoms with Gasteiger partial charge >= 0.3 is 0 Å². The molecule has 5 heteroatoms. The number of aromatic nitrogens is 1. The van der Waals surface area contributed by atoms with Gasteiger partial charge in [0.15, 0.2) is 5.82 Å². The summed E-state index contributed by atoms with van der Waals surface area (Å²) in [6, 6.07) is 8.53. The second-order valence-corrected chi connectivity index (χ2v) is 4.45. The van der Waals surface area contributed by atoms with Crippen LogP contribution in [0.25, 0.3) is 0 Å². The topological polar surface area (TPSA) is 42.0 Å². The molecule has 0 aliphatic rings. The summed E-state index contributed by atoms with van der Waals surface area (Å²) in [5, 5.41) is 2.51. The molecule has 0 aliphatic heterocycles. The van der Waals surface area contributed by atoms with E-state index in [9.17, 15) is 9.18 Å². The Morgan fingerprint density at radius 3 is 2.76 bits per heavy atom. The summed E-state index contributed by atoms with van der Waals surface area (Å²) in [4.78, 5) is 15.5. The minimum atomic E-state index is -0.549. The zero-order valence-electron chi connectivity index (χ0n) is 8.65. The Morgan fingerprint density at radius 2 is 2.06 bits per heavy atom. The maximum absolute atomic E-state index is 13.3. The van der Waals surface area contributed by atoms with E-state index in [0.717, 1.165) is 9.77 Å². The van der Waals surface area contributed by atoms with Gasteiger partial charge in [-0.1, -0.05) is 12.1 Å². The number of pyridine rings is 1. The first-order valence-corrected chi connectivity index (χ1v) is 5.92. The lowest BCUT2D eigenvalue weighted by atomic mass is 10.2. The molecule has 0 atom stereocenters. The average Bonchev–Trinajstić information content (AvgIpc) is 2.32. The molecular weight excluding hydrogens is 334 g/mol. The smallest absolute Gasteiger partial charge is 0.256 e. The summed E-state index contributed by atoms with van der Waals surface area (Å²) >= 11 is 2.06. The van der Waals surface area contributed by atoms with Gasteiger partial charge in [-0.05, 0) is 40.8 Å². The summed E-state index contributed by atoms with van der Waals surface area (Å²) in [6.07, 6.45) is 2.49. The third-order valence-corrected chi connectivity index (χ3v) is 3.08. The molecule has 2 aromatic rings. The van der Waals surface area contributed by atoms with Crippen molar-refractivity contribution in [2.75, 3.05) is 5.32 Å². The first-order valence-electron chi connectivity index (χ1n) is 4.84. The van der Waals surface area contributed by atoms with E-state index in [-0.39, 0.29) is 11.6 Å².